The van der Waals surface area contributed by atoms with E-state index >= 15 is 0 Å². The molecule has 0 spiro atoms. The Labute approximate surface area is 110 Å². The Morgan fingerprint density at radius 3 is 2.89 bits per heavy atom. The minimum absolute atomic E-state index is 0.383. The molecule has 98 valence electrons. The van der Waals surface area contributed by atoms with E-state index < -0.39 is 4.92 Å². The topological polar surface area (TPSA) is 71.3 Å². The van der Waals surface area contributed by atoms with Gasteiger partial charge >= 0.3 is 0 Å². The molecule has 1 N–H and O–H groups in total. The van der Waals surface area contributed by atoms with Crippen molar-refractivity contribution in [3.63, 3.8) is 0 Å². The van der Waals surface area contributed by atoms with Crippen molar-refractivity contribution in [1.29, 1.82) is 0 Å². The summed E-state index contributed by atoms with van der Waals surface area (Å²) >= 11 is 5.70. The van der Waals surface area contributed by atoms with Crippen LogP contribution in [0.2, 0.25) is 5.15 Å². The number of pyridine rings is 1. The zero-order valence-electron chi connectivity index (χ0n) is 10.3. The van der Waals surface area contributed by atoms with Crippen molar-refractivity contribution in [2.45, 2.75) is 13.3 Å². The van der Waals surface area contributed by atoms with Crippen molar-refractivity contribution in [3.05, 3.63) is 45.6 Å². The lowest BCUT2D eigenvalue weighted by Gasteiger charge is -2.21. The summed E-state index contributed by atoms with van der Waals surface area (Å²) in [5.74, 6) is 0.408. The number of hydrogen-bond acceptors (Lipinski definition) is 5. The number of anilines is 1. The Morgan fingerprint density at radius 2 is 2.39 bits per heavy atom. The van der Waals surface area contributed by atoms with Gasteiger partial charge in [-0.05, 0) is 18.6 Å². The summed E-state index contributed by atoms with van der Waals surface area (Å²) in [4.78, 5) is 15.7. The molecule has 0 bridgehead atoms. The van der Waals surface area contributed by atoms with Crippen LogP contribution in [0.3, 0.4) is 0 Å². The van der Waals surface area contributed by atoms with Crippen LogP contribution in [0.5, 0.6) is 0 Å². The lowest BCUT2D eigenvalue weighted by Crippen LogP contribution is -2.29. The van der Waals surface area contributed by atoms with Gasteiger partial charge in [0.2, 0.25) is 0 Å². The zero-order valence-corrected chi connectivity index (χ0v) is 11.0. The van der Waals surface area contributed by atoms with Gasteiger partial charge in [0.15, 0.2) is 5.82 Å². The van der Waals surface area contributed by atoms with Crippen molar-refractivity contribution in [2.24, 2.45) is 0 Å². The summed E-state index contributed by atoms with van der Waals surface area (Å²) in [5, 5.41) is 14.0. The monoisotopic (exact) mass is 270 g/mol. The van der Waals surface area contributed by atoms with Crippen molar-refractivity contribution in [1.82, 2.24) is 10.3 Å². The molecular formula is C11H15ClN4O2. The second-order valence-corrected chi connectivity index (χ2v) is 4.01. The van der Waals surface area contributed by atoms with Crippen molar-refractivity contribution >= 4 is 17.3 Å². The molecule has 7 heteroatoms. The van der Waals surface area contributed by atoms with E-state index in [1.165, 1.54) is 0 Å². The molecule has 0 aliphatic carbocycles. The number of aromatic nitrogens is 1. The second kappa shape index (κ2) is 6.80. The minimum atomic E-state index is -0.488. The third-order valence-electron chi connectivity index (χ3n) is 2.24. The molecule has 18 heavy (non-hydrogen) atoms. The van der Waals surface area contributed by atoms with Gasteiger partial charge in [-0.25, -0.2) is 4.98 Å². The number of rotatable bonds is 6. The third-order valence-corrected chi connectivity index (χ3v) is 2.47. The molecule has 0 aromatic carbocycles. The molecule has 1 aromatic rings. The van der Waals surface area contributed by atoms with E-state index in [0.717, 1.165) is 18.3 Å². The number of halogens is 1. The first-order valence-corrected chi connectivity index (χ1v) is 5.87. The summed E-state index contributed by atoms with van der Waals surface area (Å²) in [6, 6.07) is 3.38. The van der Waals surface area contributed by atoms with E-state index in [0.29, 0.717) is 17.5 Å². The smallest absolute Gasteiger partial charge is 0.274 e. The van der Waals surface area contributed by atoms with Gasteiger partial charge in [0.1, 0.15) is 5.15 Å². The maximum Gasteiger partial charge on any atom is 0.274 e. The average molecular weight is 271 g/mol. The molecule has 1 heterocycles. The minimum Gasteiger partial charge on any atom is -0.366 e. The van der Waals surface area contributed by atoms with Gasteiger partial charge in [-0.3, -0.25) is 10.1 Å². The van der Waals surface area contributed by atoms with E-state index in [4.69, 9.17) is 11.6 Å². The molecule has 6 nitrogen and oxygen atoms in total. The van der Waals surface area contributed by atoms with Crippen LogP contribution in [0.1, 0.15) is 13.3 Å². The highest BCUT2D eigenvalue weighted by Crippen LogP contribution is 2.16. The highest BCUT2D eigenvalue weighted by molar-refractivity contribution is 6.29. The Bertz CT molecular complexity index is 433. The van der Waals surface area contributed by atoms with E-state index in [9.17, 15) is 10.1 Å². The highest BCUT2D eigenvalue weighted by Gasteiger charge is 2.11. The summed E-state index contributed by atoms with van der Waals surface area (Å²) in [6.45, 7) is 2.64. The van der Waals surface area contributed by atoms with Crippen LogP contribution in [-0.2, 0) is 0 Å². The summed E-state index contributed by atoms with van der Waals surface area (Å²) < 4.78 is 0. The summed E-state index contributed by atoms with van der Waals surface area (Å²) in [6.07, 6.45) is 3.37. The number of nitrogens with zero attached hydrogens (tertiary/aromatic N) is 3. The molecule has 0 atom stereocenters. The molecule has 0 amide bonds. The van der Waals surface area contributed by atoms with Crippen LogP contribution in [0.4, 0.5) is 5.69 Å². The predicted octanol–water partition coefficient (Wildman–Crippen LogP) is 2.25. The van der Waals surface area contributed by atoms with Gasteiger partial charge in [0.05, 0.1) is 16.8 Å². The Kier molecular flexibility index (Phi) is 5.38. The summed E-state index contributed by atoms with van der Waals surface area (Å²) in [7, 11) is 1.73. The number of hydrogen-bond donors (Lipinski definition) is 1. The molecule has 1 rings (SSSR count). The molecule has 0 aliphatic heterocycles. The fraction of sp³-hybridized carbons (Fsp3) is 0.364. The first kappa shape index (κ1) is 14.2. The third kappa shape index (κ3) is 4.21. The van der Waals surface area contributed by atoms with Crippen LogP contribution < -0.4 is 10.2 Å². The van der Waals surface area contributed by atoms with E-state index in [2.05, 4.69) is 10.3 Å². The Balaban J connectivity index is 2.90. The van der Waals surface area contributed by atoms with Gasteiger partial charge < -0.3 is 10.2 Å². The molecule has 1 aromatic heterocycles. The zero-order chi connectivity index (χ0) is 13.5. The largest absolute Gasteiger partial charge is 0.366 e. The average Bonchev–Trinajstić information content (AvgIpc) is 2.34. The van der Waals surface area contributed by atoms with Crippen molar-refractivity contribution in [3.8, 4) is 0 Å². The first-order chi connectivity index (χ1) is 8.54. The molecule has 0 fully saturated rings. The van der Waals surface area contributed by atoms with E-state index in [-0.39, 0.29) is 0 Å². The highest BCUT2D eigenvalue weighted by atomic mass is 35.5. The van der Waals surface area contributed by atoms with Crippen LogP contribution >= 0.6 is 11.6 Å². The number of nitro groups is 1. The second-order valence-electron chi connectivity index (χ2n) is 3.62. The van der Waals surface area contributed by atoms with Crippen molar-refractivity contribution < 1.29 is 4.92 Å². The molecule has 0 saturated carbocycles. The van der Waals surface area contributed by atoms with Gasteiger partial charge in [-0.1, -0.05) is 18.5 Å². The van der Waals surface area contributed by atoms with Gasteiger partial charge in [-0.15, -0.1) is 0 Å². The van der Waals surface area contributed by atoms with Gasteiger partial charge in [-0.2, -0.15) is 0 Å². The fourth-order valence-electron chi connectivity index (χ4n) is 1.31. The molecule has 0 aliphatic rings. The molecular weight excluding hydrogens is 256 g/mol. The van der Waals surface area contributed by atoms with Gasteiger partial charge in [0, 0.05) is 13.6 Å². The normalized spacial score (nSPS) is 11.2. The number of nitrogens with one attached hydrogen (secondary N) is 1. The van der Waals surface area contributed by atoms with Crippen LogP contribution in [0, 0.1) is 10.1 Å². The standard InChI is InChI=1S/C11H15ClN4O2/c1-3-6-13-11(8-16(17)18)15(2)9-4-5-10(12)14-7-9/h4-5,7-8,13H,3,6H2,1-2H3. The Morgan fingerprint density at radius 1 is 1.67 bits per heavy atom. The van der Waals surface area contributed by atoms with Gasteiger partial charge in [0.25, 0.3) is 6.20 Å². The maximum absolute atomic E-state index is 10.6. The quantitative estimate of drug-likeness (QED) is 0.488. The fourth-order valence-corrected chi connectivity index (χ4v) is 1.42. The Hall–Kier alpha value is -1.82. The van der Waals surface area contributed by atoms with Crippen LogP contribution in [0.15, 0.2) is 30.4 Å². The van der Waals surface area contributed by atoms with E-state index in [1.807, 2.05) is 6.92 Å². The van der Waals surface area contributed by atoms with E-state index in [1.54, 1.807) is 30.3 Å². The molecule has 0 radical (unpaired) electrons. The van der Waals surface area contributed by atoms with Crippen LogP contribution in [0.25, 0.3) is 0 Å². The summed E-state index contributed by atoms with van der Waals surface area (Å²) in [5.41, 5.74) is 0.719. The maximum atomic E-state index is 10.6. The van der Waals surface area contributed by atoms with Crippen LogP contribution in [-0.4, -0.2) is 23.5 Å². The van der Waals surface area contributed by atoms with Crippen molar-refractivity contribution in [2.75, 3.05) is 18.5 Å². The first-order valence-electron chi connectivity index (χ1n) is 5.49. The molecule has 0 saturated heterocycles. The molecule has 0 unspecified atom stereocenters. The lowest BCUT2D eigenvalue weighted by atomic mass is 10.4. The SMILES string of the molecule is CCCNC(=C[N+](=O)[O-])N(C)c1ccc(Cl)nc1. The lowest BCUT2D eigenvalue weighted by molar-refractivity contribution is -0.403. The predicted molar refractivity (Wildman–Crippen MR) is 71.0 cm³/mol.